The van der Waals surface area contributed by atoms with Gasteiger partial charge in [-0.2, -0.15) is 0 Å². The number of nitrogens with one attached hydrogen (secondary N) is 3. The smallest absolute Gasteiger partial charge is 0.321 e. The summed E-state index contributed by atoms with van der Waals surface area (Å²) in [7, 11) is 0. The number of hydrogen-bond acceptors (Lipinski definition) is 3. The van der Waals surface area contributed by atoms with E-state index in [1.807, 2.05) is 0 Å². The number of urea groups is 1. The standard InChI is InChI=1S/C6H11N3OS/c1-3-4-8-6(10)9-5(7)11-2/h3H,1,4H2,2H3,(H3,7,8,9,10). The first kappa shape index (κ1) is 10.0. The van der Waals surface area contributed by atoms with E-state index in [-0.39, 0.29) is 11.2 Å². The molecule has 0 aliphatic rings. The molecule has 0 aliphatic heterocycles. The van der Waals surface area contributed by atoms with Gasteiger partial charge in [-0.15, -0.1) is 6.58 Å². The summed E-state index contributed by atoms with van der Waals surface area (Å²) in [6.45, 7) is 3.84. The van der Waals surface area contributed by atoms with Gasteiger partial charge in [0.15, 0.2) is 5.17 Å². The Morgan fingerprint density at radius 1 is 1.82 bits per heavy atom. The van der Waals surface area contributed by atoms with E-state index >= 15 is 0 Å². The molecule has 0 aromatic rings. The minimum Gasteiger partial charge on any atom is -0.334 e. The molecular weight excluding hydrogens is 162 g/mol. The van der Waals surface area contributed by atoms with Gasteiger partial charge in [0.1, 0.15) is 0 Å². The third-order valence-electron chi connectivity index (χ3n) is 0.838. The number of carbonyl (C=O) groups is 1. The fraction of sp³-hybridized carbons (Fsp3) is 0.333. The fourth-order valence-corrected chi connectivity index (χ4v) is 0.558. The van der Waals surface area contributed by atoms with Crippen molar-refractivity contribution in [1.82, 2.24) is 10.6 Å². The maximum atomic E-state index is 10.7. The van der Waals surface area contributed by atoms with E-state index < -0.39 is 0 Å². The summed E-state index contributed by atoms with van der Waals surface area (Å²) in [5.74, 6) is 0. The lowest BCUT2D eigenvalue weighted by Crippen LogP contribution is -2.37. The van der Waals surface area contributed by atoms with Gasteiger partial charge in [0.25, 0.3) is 0 Å². The highest BCUT2D eigenvalue weighted by Crippen LogP contribution is 1.89. The molecule has 2 amide bonds. The van der Waals surface area contributed by atoms with Crippen molar-refractivity contribution in [2.45, 2.75) is 0 Å². The van der Waals surface area contributed by atoms with Crippen molar-refractivity contribution in [3.63, 3.8) is 0 Å². The van der Waals surface area contributed by atoms with Gasteiger partial charge in [-0.3, -0.25) is 10.7 Å². The second-order valence-corrected chi connectivity index (χ2v) is 2.47. The van der Waals surface area contributed by atoms with Crippen LogP contribution in [-0.2, 0) is 0 Å². The zero-order chi connectivity index (χ0) is 8.69. The molecule has 0 heterocycles. The molecule has 0 aromatic heterocycles. The van der Waals surface area contributed by atoms with Gasteiger partial charge in [-0.25, -0.2) is 4.79 Å². The lowest BCUT2D eigenvalue weighted by atomic mass is 10.6. The van der Waals surface area contributed by atoms with Crippen LogP contribution >= 0.6 is 11.8 Å². The quantitative estimate of drug-likeness (QED) is 0.328. The fourth-order valence-electron chi connectivity index (χ4n) is 0.363. The Morgan fingerprint density at radius 2 is 2.45 bits per heavy atom. The molecular formula is C6H11N3OS. The molecule has 0 atom stereocenters. The molecule has 0 spiro atoms. The Bertz CT molecular complexity index is 169. The molecule has 62 valence electrons. The molecule has 0 radical (unpaired) electrons. The largest absolute Gasteiger partial charge is 0.334 e. The number of amides is 2. The van der Waals surface area contributed by atoms with Crippen LogP contribution in [0.2, 0.25) is 0 Å². The van der Waals surface area contributed by atoms with E-state index in [2.05, 4.69) is 17.2 Å². The summed E-state index contributed by atoms with van der Waals surface area (Å²) in [5, 5.41) is 12.0. The predicted octanol–water partition coefficient (Wildman–Crippen LogP) is 0.769. The van der Waals surface area contributed by atoms with Crippen LogP contribution in [0.4, 0.5) is 4.79 Å². The molecule has 0 aromatic carbocycles. The maximum Gasteiger partial charge on any atom is 0.321 e. The van der Waals surface area contributed by atoms with E-state index in [1.54, 1.807) is 12.3 Å². The van der Waals surface area contributed by atoms with E-state index in [4.69, 9.17) is 5.41 Å². The summed E-state index contributed by atoms with van der Waals surface area (Å²) in [6.07, 6.45) is 3.29. The molecule has 0 aliphatic carbocycles. The van der Waals surface area contributed by atoms with Crippen LogP contribution in [0.1, 0.15) is 0 Å². The normalized spacial score (nSPS) is 8.45. The lowest BCUT2D eigenvalue weighted by molar-refractivity contribution is 0.246. The van der Waals surface area contributed by atoms with Crippen molar-refractivity contribution in [3.05, 3.63) is 12.7 Å². The van der Waals surface area contributed by atoms with Crippen LogP contribution in [0.5, 0.6) is 0 Å². The summed E-state index contributed by atoms with van der Waals surface area (Å²) in [5.41, 5.74) is 0. The van der Waals surface area contributed by atoms with Gasteiger partial charge in [0.2, 0.25) is 0 Å². The van der Waals surface area contributed by atoms with E-state index in [9.17, 15) is 4.79 Å². The molecule has 11 heavy (non-hydrogen) atoms. The number of rotatable bonds is 2. The number of carbonyl (C=O) groups excluding carboxylic acids is 1. The molecule has 5 heteroatoms. The summed E-state index contributed by atoms with van der Waals surface area (Å²) < 4.78 is 0. The first-order chi connectivity index (χ1) is 5.20. The van der Waals surface area contributed by atoms with E-state index in [1.165, 1.54) is 11.8 Å². The third-order valence-corrected chi connectivity index (χ3v) is 1.35. The minimum atomic E-state index is -0.371. The Balaban J connectivity index is 3.51. The average molecular weight is 173 g/mol. The van der Waals surface area contributed by atoms with Gasteiger partial charge in [0, 0.05) is 6.54 Å². The topological polar surface area (TPSA) is 65.0 Å². The first-order valence-corrected chi connectivity index (χ1v) is 4.21. The molecule has 3 N–H and O–H groups in total. The zero-order valence-electron chi connectivity index (χ0n) is 6.31. The molecule has 0 bridgehead atoms. The molecule has 4 nitrogen and oxygen atoms in total. The van der Waals surface area contributed by atoms with E-state index in [0.717, 1.165) is 0 Å². The SMILES string of the molecule is C=CCNC(=O)NC(=N)SC. The lowest BCUT2D eigenvalue weighted by Gasteiger charge is -2.03. The second kappa shape index (κ2) is 5.79. The van der Waals surface area contributed by atoms with Crippen molar-refractivity contribution in [3.8, 4) is 0 Å². The Kier molecular flexibility index (Phi) is 5.28. The molecule has 0 saturated carbocycles. The van der Waals surface area contributed by atoms with Crippen molar-refractivity contribution >= 4 is 23.0 Å². The van der Waals surface area contributed by atoms with Crippen LogP contribution in [0.15, 0.2) is 12.7 Å². The van der Waals surface area contributed by atoms with Gasteiger partial charge in [-0.05, 0) is 6.26 Å². The van der Waals surface area contributed by atoms with Crippen molar-refractivity contribution in [1.29, 1.82) is 5.41 Å². The molecule has 0 fully saturated rings. The Hall–Kier alpha value is -0.970. The van der Waals surface area contributed by atoms with Gasteiger partial charge < -0.3 is 5.32 Å². The van der Waals surface area contributed by atoms with Crippen LogP contribution < -0.4 is 10.6 Å². The minimum absolute atomic E-state index is 0.131. The van der Waals surface area contributed by atoms with Crippen molar-refractivity contribution in [2.75, 3.05) is 12.8 Å². The highest BCUT2D eigenvalue weighted by Gasteiger charge is 1.99. The predicted molar refractivity (Wildman–Crippen MR) is 48.0 cm³/mol. The monoisotopic (exact) mass is 173 g/mol. The maximum absolute atomic E-state index is 10.7. The van der Waals surface area contributed by atoms with Crippen LogP contribution in [0.3, 0.4) is 0 Å². The first-order valence-electron chi connectivity index (χ1n) is 2.99. The van der Waals surface area contributed by atoms with Crippen LogP contribution in [0.25, 0.3) is 0 Å². The van der Waals surface area contributed by atoms with Crippen molar-refractivity contribution < 1.29 is 4.79 Å². The molecule has 0 unspecified atom stereocenters. The van der Waals surface area contributed by atoms with Gasteiger partial charge in [0.05, 0.1) is 0 Å². The van der Waals surface area contributed by atoms with Crippen molar-refractivity contribution in [2.24, 2.45) is 0 Å². The summed E-state index contributed by atoms with van der Waals surface area (Å²) in [6, 6.07) is -0.371. The second-order valence-electron chi connectivity index (χ2n) is 1.66. The van der Waals surface area contributed by atoms with Gasteiger partial charge in [-0.1, -0.05) is 17.8 Å². The summed E-state index contributed by atoms with van der Waals surface area (Å²) >= 11 is 1.17. The van der Waals surface area contributed by atoms with Crippen LogP contribution in [0, 0.1) is 5.41 Å². The van der Waals surface area contributed by atoms with E-state index in [0.29, 0.717) is 6.54 Å². The van der Waals surface area contributed by atoms with Crippen LogP contribution in [-0.4, -0.2) is 24.0 Å². The third kappa shape index (κ3) is 5.47. The molecule has 0 rings (SSSR count). The Labute approximate surface area is 69.9 Å². The molecule has 0 saturated heterocycles. The number of hydrogen-bond donors (Lipinski definition) is 3. The zero-order valence-corrected chi connectivity index (χ0v) is 7.12. The highest BCUT2D eigenvalue weighted by molar-refractivity contribution is 8.13. The number of thioether (sulfide) groups is 1. The Morgan fingerprint density at radius 3 is 2.91 bits per heavy atom. The summed E-state index contributed by atoms with van der Waals surface area (Å²) in [4.78, 5) is 10.7. The average Bonchev–Trinajstić information content (AvgIpc) is 2.00. The van der Waals surface area contributed by atoms with Gasteiger partial charge >= 0.3 is 6.03 Å². The highest BCUT2D eigenvalue weighted by atomic mass is 32.2. The number of amidine groups is 1.